The minimum atomic E-state index is -0.990. The van der Waals surface area contributed by atoms with Gasteiger partial charge in [-0.15, -0.1) is 0 Å². The molecule has 0 bridgehead atoms. The number of nitrogens with one attached hydrogen (secondary N) is 1. The molecule has 1 aromatic carbocycles. The molecule has 2 N–H and O–H groups in total. The molecule has 0 aliphatic rings. The summed E-state index contributed by atoms with van der Waals surface area (Å²) >= 11 is 0. The van der Waals surface area contributed by atoms with Gasteiger partial charge in [-0.25, -0.2) is 8.78 Å². The zero-order valence-electron chi connectivity index (χ0n) is 8.87. The van der Waals surface area contributed by atoms with E-state index in [-0.39, 0.29) is 19.4 Å². The van der Waals surface area contributed by atoms with E-state index in [1.165, 1.54) is 0 Å². The van der Waals surface area contributed by atoms with Crippen LogP contribution < -0.4 is 5.32 Å². The van der Waals surface area contributed by atoms with Gasteiger partial charge in [0.15, 0.2) is 0 Å². The van der Waals surface area contributed by atoms with Crippen molar-refractivity contribution >= 4 is 11.9 Å². The van der Waals surface area contributed by atoms with Crippen LogP contribution in [0.4, 0.5) is 8.78 Å². The summed E-state index contributed by atoms with van der Waals surface area (Å²) in [5.41, 5.74) is -0.650. The fourth-order valence-corrected chi connectivity index (χ4v) is 1.24. The predicted molar refractivity (Wildman–Crippen MR) is 55.6 cm³/mol. The van der Waals surface area contributed by atoms with Crippen LogP contribution in [0.1, 0.15) is 23.2 Å². The summed E-state index contributed by atoms with van der Waals surface area (Å²) in [5.74, 6) is -3.76. The third-order valence-electron chi connectivity index (χ3n) is 2.04. The zero-order valence-corrected chi connectivity index (χ0v) is 8.87. The quantitative estimate of drug-likeness (QED) is 0.771. The third kappa shape index (κ3) is 3.82. The normalized spacial score (nSPS) is 10.0. The zero-order chi connectivity index (χ0) is 12.8. The number of rotatable bonds is 5. The fraction of sp³-hybridized carbons (Fsp3) is 0.273. The van der Waals surface area contributed by atoms with Gasteiger partial charge in [0, 0.05) is 13.0 Å². The Kier molecular flexibility index (Phi) is 4.56. The largest absolute Gasteiger partial charge is 0.481 e. The molecule has 0 atom stereocenters. The molecule has 0 aliphatic carbocycles. The third-order valence-corrected chi connectivity index (χ3v) is 2.04. The van der Waals surface area contributed by atoms with Crippen LogP contribution in [0.3, 0.4) is 0 Å². The van der Waals surface area contributed by atoms with E-state index in [2.05, 4.69) is 5.32 Å². The molecule has 6 heteroatoms. The molecule has 0 unspecified atom stereocenters. The molecule has 0 aromatic heterocycles. The number of benzene rings is 1. The highest BCUT2D eigenvalue weighted by atomic mass is 19.1. The Balaban J connectivity index is 2.55. The van der Waals surface area contributed by atoms with Gasteiger partial charge in [0.2, 0.25) is 0 Å². The van der Waals surface area contributed by atoms with Gasteiger partial charge in [0.1, 0.15) is 17.2 Å². The van der Waals surface area contributed by atoms with Gasteiger partial charge in [0.05, 0.1) is 0 Å². The minimum absolute atomic E-state index is 0.0545. The molecular weight excluding hydrogens is 232 g/mol. The van der Waals surface area contributed by atoms with E-state index >= 15 is 0 Å². The van der Waals surface area contributed by atoms with Gasteiger partial charge in [0.25, 0.3) is 5.91 Å². The molecule has 1 rings (SSSR count). The predicted octanol–water partition coefficient (Wildman–Crippen LogP) is 1.56. The monoisotopic (exact) mass is 243 g/mol. The number of aliphatic carboxylic acids is 1. The number of hydrogen-bond acceptors (Lipinski definition) is 2. The Morgan fingerprint density at radius 1 is 1.24 bits per heavy atom. The van der Waals surface area contributed by atoms with Crippen LogP contribution in [0.2, 0.25) is 0 Å². The SMILES string of the molecule is O=C(O)CCCNC(=O)c1c(F)cccc1F. The summed E-state index contributed by atoms with van der Waals surface area (Å²) in [6, 6.07) is 3.12. The van der Waals surface area contributed by atoms with Crippen LogP contribution in [0, 0.1) is 11.6 Å². The number of carbonyl (C=O) groups excluding carboxylic acids is 1. The molecule has 0 spiro atoms. The molecule has 0 saturated heterocycles. The number of carboxylic acid groups (broad SMARTS) is 1. The minimum Gasteiger partial charge on any atom is -0.481 e. The summed E-state index contributed by atoms with van der Waals surface area (Å²) in [5, 5.41) is 10.6. The smallest absolute Gasteiger partial charge is 0.303 e. The summed E-state index contributed by atoms with van der Waals surface area (Å²) in [6.45, 7) is 0.0545. The molecule has 0 saturated carbocycles. The second-order valence-electron chi connectivity index (χ2n) is 3.35. The first-order valence-electron chi connectivity index (χ1n) is 4.96. The van der Waals surface area contributed by atoms with Crippen LogP contribution in [0.5, 0.6) is 0 Å². The van der Waals surface area contributed by atoms with Gasteiger partial charge in [-0.3, -0.25) is 9.59 Å². The lowest BCUT2D eigenvalue weighted by atomic mass is 10.2. The first-order chi connectivity index (χ1) is 8.02. The molecular formula is C11H11F2NO3. The number of amides is 1. The molecule has 0 radical (unpaired) electrons. The van der Waals surface area contributed by atoms with Crippen molar-refractivity contribution in [1.82, 2.24) is 5.32 Å². The Morgan fingerprint density at radius 2 is 1.82 bits per heavy atom. The van der Waals surface area contributed by atoms with Gasteiger partial charge < -0.3 is 10.4 Å². The highest BCUT2D eigenvalue weighted by Crippen LogP contribution is 2.11. The van der Waals surface area contributed by atoms with Gasteiger partial charge in [-0.1, -0.05) is 6.07 Å². The average molecular weight is 243 g/mol. The van der Waals surface area contributed by atoms with Crippen LogP contribution >= 0.6 is 0 Å². The first-order valence-corrected chi connectivity index (χ1v) is 4.96. The molecule has 1 amide bonds. The molecule has 4 nitrogen and oxygen atoms in total. The lowest BCUT2D eigenvalue weighted by Gasteiger charge is -2.06. The molecule has 0 aliphatic heterocycles. The topological polar surface area (TPSA) is 66.4 Å². The Bertz CT molecular complexity index is 414. The van der Waals surface area contributed by atoms with Crippen LogP contribution in [0.15, 0.2) is 18.2 Å². The number of halogens is 2. The number of hydrogen-bond donors (Lipinski definition) is 2. The van der Waals surface area contributed by atoms with Crippen LogP contribution in [-0.4, -0.2) is 23.5 Å². The lowest BCUT2D eigenvalue weighted by Crippen LogP contribution is -2.26. The van der Waals surface area contributed by atoms with Crippen molar-refractivity contribution in [2.75, 3.05) is 6.54 Å². The van der Waals surface area contributed by atoms with E-state index in [0.29, 0.717) is 0 Å². The lowest BCUT2D eigenvalue weighted by molar-refractivity contribution is -0.137. The summed E-state index contributed by atoms with van der Waals surface area (Å²) in [6.07, 6.45) is 0.0944. The molecule has 92 valence electrons. The maximum absolute atomic E-state index is 13.1. The maximum Gasteiger partial charge on any atom is 0.303 e. The fourth-order valence-electron chi connectivity index (χ4n) is 1.24. The summed E-state index contributed by atoms with van der Waals surface area (Å²) in [4.78, 5) is 21.6. The van der Waals surface area contributed by atoms with Crippen molar-refractivity contribution in [1.29, 1.82) is 0 Å². The van der Waals surface area contributed by atoms with Crippen molar-refractivity contribution in [3.63, 3.8) is 0 Å². The highest BCUT2D eigenvalue weighted by molar-refractivity contribution is 5.94. The van der Waals surface area contributed by atoms with E-state index in [1.807, 2.05) is 0 Å². The standard InChI is InChI=1S/C11H11F2NO3/c12-7-3-1-4-8(13)10(7)11(17)14-6-2-5-9(15)16/h1,3-4H,2,5-6H2,(H,14,17)(H,15,16). The van der Waals surface area contributed by atoms with Crippen molar-refractivity contribution in [3.8, 4) is 0 Å². The van der Waals surface area contributed by atoms with Gasteiger partial charge >= 0.3 is 5.97 Å². The summed E-state index contributed by atoms with van der Waals surface area (Å²) in [7, 11) is 0. The maximum atomic E-state index is 13.1. The van der Waals surface area contributed by atoms with Gasteiger partial charge in [-0.2, -0.15) is 0 Å². The summed E-state index contributed by atoms with van der Waals surface area (Å²) < 4.78 is 26.3. The van der Waals surface area contributed by atoms with Crippen molar-refractivity contribution in [2.24, 2.45) is 0 Å². The Hall–Kier alpha value is -1.98. The van der Waals surface area contributed by atoms with E-state index in [0.717, 1.165) is 18.2 Å². The first kappa shape index (κ1) is 13.1. The molecule has 1 aromatic rings. The van der Waals surface area contributed by atoms with Crippen molar-refractivity contribution in [3.05, 3.63) is 35.4 Å². The van der Waals surface area contributed by atoms with E-state index in [4.69, 9.17) is 5.11 Å². The average Bonchev–Trinajstić information content (AvgIpc) is 2.24. The molecule has 17 heavy (non-hydrogen) atoms. The second kappa shape index (κ2) is 5.93. The highest BCUT2D eigenvalue weighted by Gasteiger charge is 2.16. The van der Waals surface area contributed by atoms with Crippen LogP contribution in [0.25, 0.3) is 0 Å². The Labute approximate surface area is 96.3 Å². The van der Waals surface area contributed by atoms with Gasteiger partial charge in [-0.05, 0) is 18.6 Å². The second-order valence-corrected chi connectivity index (χ2v) is 3.35. The van der Waals surface area contributed by atoms with E-state index in [9.17, 15) is 18.4 Å². The molecule has 0 fully saturated rings. The van der Waals surface area contributed by atoms with Crippen LogP contribution in [-0.2, 0) is 4.79 Å². The van der Waals surface area contributed by atoms with E-state index in [1.54, 1.807) is 0 Å². The number of carbonyl (C=O) groups is 2. The Morgan fingerprint density at radius 3 is 2.35 bits per heavy atom. The van der Waals surface area contributed by atoms with Crippen molar-refractivity contribution < 1.29 is 23.5 Å². The van der Waals surface area contributed by atoms with E-state index < -0.39 is 29.1 Å². The van der Waals surface area contributed by atoms with Crippen molar-refractivity contribution in [2.45, 2.75) is 12.8 Å². The number of carboxylic acids is 1. The molecule has 0 heterocycles.